The second-order valence-electron chi connectivity index (χ2n) is 11.8. The van der Waals surface area contributed by atoms with Crippen LogP contribution in [0.3, 0.4) is 0 Å². The number of aromatic nitrogens is 2. The van der Waals surface area contributed by atoms with E-state index < -0.39 is 0 Å². The molecule has 1 atom stereocenters. The molecule has 0 N–H and O–H groups in total. The first kappa shape index (κ1) is 27.8. The number of para-hydroxylation sites is 1. The molecule has 2 aromatic carbocycles. The van der Waals surface area contributed by atoms with E-state index >= 15 is 0 Å². The van der Waals surface area contributed by atoms with Crippen LogP contribution in [0.2, 0.25) is 5.02 Å². The number of carbonyl (C=O) groups is 2. The molecule has 0 saturated carbocycles. The highest BCUT2D eigenvalue weighted by Gasteiger charge is 2.40. The molecule has 6 nitrogen and oxygen atoms in total. The summed E-state index contributed by atoms with van der Waals surface area (Å²) in [6.45, 7) is 12.2. The van der Waals surface area contributed by atoms with Gasteiger partial charge in [0.15, 0.2) is 0 Å². The molecule has 1 fully saturated rings. The molecule has 0 bridgehead atoms. The fourth-order valence-electron chi connectivity index (χ4n) is 5.47. The predicted octanol–water partition coefficient (Wildman–Crippen LogP) is 6.56. The van der Waals surface area contributed by atoms with Crippen LogP contribution in [0.25, 0.3) is 5.69 Å². The average Bonchev–Trinajstić information content (AvgIpc) is 3.22. The number of benzene rings is 2. The van der Waals surface area contributed by atoms with Crippen LogP contribution in [0.1, 0.15) is 68.2 Å². The minimum absolute atomic E-state index is 0.00416. The number of fused-ring (bicyclic) bond motifs is 1. The number of piperidine rings is 1. The zero-order valence-electron chi connectivity index (χ0n) is 23.4. The van der Waals surface area contributed by atoms with Crippen LogP contribution in [0.4, 0.5) is 5.82 Å². The Balaban J connectivity index is 1.72. The SMILES string of the molecule is Cc1ccccc1-n1nc(C(C)(C)C)c2c1N(CC(=O)N1CCC(C)CC1)C(=O)CS[C@@H]2c1cccc(Cl)c1. The van der Waals surface area contributed by atoms with Gasteiger partial charge in [-0.2, -0.15) is 5.10 Å². The number of hydrogen-bond acceptors (Lipinski definition) is 4. The lowest BCUT2D eigenvalue weighted by molar-refractivity contribution is -0.132. The third-order valence-corrected chi connectivity index (χ3v) is 9.21. The highest BCUT2D eigenvalue weighted by Crippen LogP contribution is 2.48. The summed E-state index contributed by atoms with van der Waals surface area (Å²) in [6, 6.07) is 15.9. The van der Waals surface area contributed by atoms with Crippen LogP contribution in [-0.2, 0) is 15.0 Å². The molecule has 0 radical (unpaired) electrons. The molecule has 3 heterocycles. The lowest BCUT2D eigenvalue weighted by Gasteiger charge is -2.32. The highest BCUT2D eigenvalue weighted by atomic mass is 35.5. The van der Waals surface area contributed by atoms with Crippen molar-refractivity contribution in [2.75, 3.05) is 30.3 Å². The Kier molecular flexibility index (Phi) is 7.84. The van der Waals surface area contributed by atoms with E-state index in [1.165, 1.54) is 0 Å². The van der Waals surface area contributed by atoms with E-state index in [0.29, 0.717) is 16.8 Å². The monoisotopic (exact) mass is 564 g/mol. The molecule has 2 amide bonds. The molecular weight excluding hydrogens is 528 g/mol. The van der Waals surface area contributed by atoms with Crippen LogP contribution < -0.4 is 4.90 Å². The van der Waals surface area contributed by atoms with Crippen molar-refractivity contribution in [2.24, 2.45) is 5.92 Å². The Bertz CT molecular complexity index is 1390. The summed E-state index contributed by atoms with van der Waals surface area (Å²) >= 11 is 8.03. The smallest absolute Gasteiger partial charge is 0.242 e. The molecule has 8 heteroatoms. The summed E-state index contributed by atoms with van der Waals surface area (Å²) in [5.74, 6) is 1.47. The molecule has 0 aliphatic carbocycles. The van der Waals surface area contributed by atoms with Crippen molar-refractivity contribution in [3.8, 4) is 5.69 Å². The Morgan fingerprint density at radius 1 is 1.10 bits per heavy atom. The van der Waals surface area contributed by atoms with Gasteiger partial charge >= 0.3 is 0 Å². The summed E-state index contributed by atoms with van der Waals surface area (Å²) < 4.78 is 1.90. The molecule has 3 aromatic rings. The fourth-order valence-corrected chi connectivity index (χ4v) is 6.85. The van der Waals surface area contributed by atoms with Crippen LogP contribution in [-0.4, -0.2) is 51.9 Å². The van der Waals surface area contributed by atoms with Gasteiger partial charge in [-0.3, -0.25) is 14.5 Å². The third kappa shape index (κ3) is 5.62. The van der Waals surface area contributed by atoms with Crippen molar-refractivity contribution < 1.29 is 9.59 Å². The number of anilines is 1. The second kappa shape index (κ2) is 11.0. The van der Waals surface area contributed by atoms with Crippen LogP contribution >= 0.6 is 23.4 Å². The molecule has 2 aliphatic rings. The minimum Gasteiger partial charge on any atom is -0.341 e. The molecule has 0 unspecified atom stereocenters. The standard InChI is InChI=1S/C31H37ClN4O2S/c1-20-13-15-34(16-14-20)25(37)18-35-26(38)19-39-28(22-10-8-11-23(32)17-22)27-29(31(3,4)5)33-36(30(27)35)24-12-7-6-9-21(24)2/h6-12,17,20,28H,13-16,18-19H2,1-5H3/t28-/m1/s1. The van der Waals surface area contributed by atoms with Crippen molar-refractivity contribution in [1.29, 1.82) is 0 Å². The maximum Gasteiger partial charge on any atom is 0.242 e. The number of nitrogens with zero attached hydrogens (tertiary/aromatic N) is 4. The first-order valence-electron chi connectivity index (χ1n) is 13.7. The first-order chi connectivity index (χ1) is 18.5. The van der Waals surface area contributed by atoms with Crippen molar-refractivity contribution in [3.05, 3.63) is 75.9 Å². The van der Waals surface area contributed by atoms with Crippen molar-refractivity contribution >= 4 is 41.0 Å². The van der Waals surface area contributed by atoms with Gasteiger partial charge in [0.05, 0.1) is 22.4 Å². The summed E-state index contributed by atoms with van der Waals surface area (Å²) in [4.78, 5) is 31.1. The molecular formula is C31H37ClN4O2S. The molecule has 0 spiro atoms. The lowest BCUT2D eigenvalue weighted by Crippen LogP contribution is -2.46. The van der Waals surface area contributed by atoms with Crippen molar-refractivity contribution in [1.82, 2.24) is 14.7 Å². The van der Waals surface area contributed by atoms with E-state index in [0.717, 1.165) is 54.0 Å². The normalized spacial score (nSPS) is 18.7. The fraction of sp³-hybridized carbons (Fsp3) is 0.452. The Morgan fingerprint density at radius 2 is 1.82 bits per heavy atom. The molecule has 1 aromatic heterocycles. The van der Waals surface area contributed by atoms with E-state index in [2.05, 4.69) is 33.8 Å². The second-order valence-corrected chi connectivity index (χ2v) is 13.4. The van der Waals surface area contributed by atoms with Crippen LogP contribution in [0, 0.1) is 12.8 Å². The van der Waals surface area contributed by atoms with E-state index in [1.54, 1.807) is 16.7 Å². The number of aryl methyl sites for hydroxylation is 1. The topological polar surface area (TPSA) is 58.4 Å². The number of rotatable bonds is 4. The summed E-state index contributed by atoms with van der Waals surface area (Å²) in [5, 5.41) is 5.69. The maximum absolute atomic E-state index is 13.9. The van der Waals surface area contributed by atoms with Gasteiger partial charge in [-0.1, -0.05) is 69.6 Å². The quantitative estimate of drug-likeness (QED) is 0.360. The molecule has 2 aliphatic heterocycles. The number of thioether (sulfide) groups is 1. The third-order valence-electron chi connectivity index (χ3n) is 7.72. The maximum atomic E-state index is 13.9. The van der Waals surface area contributed by atoms with Crippen molar-refractivity contribution in [2.45, 2.75) is 58.1 Å². The van der Waals surface area contributed by atoms with Crippen molar-refractivity contribution in [3.63, 3.8) is 0 Å². The van der Waals surface area contributed by atoms with E-state index in [4.69, 9.17) is 16.7 Å². The van der Waals surface area contributed by atoms with Gasteiger partial charge in [0.1, 0.15) is 12.4 Å². The van der Waals surface area contributed by atoms with Crippen LogP contribution in [0.5, 0.6) is 0 Å². The lowest BCUT2D eigenvalue weighted by atomic mass is 9.87. The largest absolute Gasteiger partial charge is 0.341 e. The predicted molar refractivity (Wildman–Crippen MR) is 160 cm³/mol. The Morgan fingerprint density at radius 3 is 2.49 bits per heavy atom. The van der Waals surface area contributed by atoms with Gasteiger partial charge in [-0.15, -0.1) is 11.8 Å². The number of carbonyl (C=O) groups excluding carboxylic acids is 2. The van der Waals surface area contributed by atoms with Crippen LogP contribution in [0.15, 0.2) is 48.5 Å². The summed E-state index contributed by atoms with van der Waals surface area (Å²) in [5.41, 5.74) is 4.55. The average molecular weight is 565 g/mol. The van der Waals surface area contributed by atoms with Gasteiger partial charge in [-0.25, -0.2) is 4.68 Å². The van der Waals surface area contributed by atoms with Gasteiger partial charge in [0.25, 0.3) is 0 Å². The zero-order valence-corrected chi connectivity index (χ0v) is 25.0. The summed E-state index contributed by atoms with van der Waals surface area (Å²) in [6.07, 6.45) is 1.99. The molecule has 39 heavy (non-hydrogen) atoms. The van der Waals surface area contributed by atoms with Gasteiger partial charge in [0, 0.05) is 29.1 Å². The zero-order chi connectivity index (χ0) is 27.9. The van der Waals surface area contributed by atoms with E-state index in [9.17, 15) is 9.59 Å². The molecule has 5 rings (SSSR count). The highest BCUT2D eigenvalue weighted by molar-refractivity contribution is 8.00. The summed E-state index contributed by atoms with van der Waals surface area (Å²) in [7, 11) is 0. The number of likely N-dealkylation sites (tertiary alicyclic amines) is 1. The number of hydrogen-bond donors (Lipinski definition) is 0. The van der Waals surface area contributed by atoms with E-state index in [1.807, 2.05) is 59.0 Å². The number of halogens is 1. The number of amides is 2. The molecule has 206 valence electrons. The Hall–Kier alpha value is -2.77. The van der Waals surface area contributed by atoms with E-state index in [-0.39, 0.29) is 34.8 Å². The molecule has 1 saturated heterocycles. The van der Waals surface area contributed by atoms with Gasteiger partial charge < -0.3 is 4.90 Å². The first-order valence-corrected chi connectivity index (χ1v) is 15.1. The van der Waals surface area contributed by atoms with Gasteiger partial charge in [-0.05, 0) is 55.0 Å². The van der Waals surface area contributed by atoms with Gasteiger partial charge in [0.2, 0.25) is 11.8 Å². The minimum atomic E-state index is -0.304. The Labute approximate surface area is 240 Å².